The first-order valence-corrected chi connectivity index (χ1v) is 5.03. The Bertz CT molecular complexity index is 457. The third-order valence-electron chi connectivity index (χ3n) is 2.53. The van der Waals surface area contributed by atoms with Crippen LogP contribution in [0.25, 0.3) is 11.3 Å². The standard InChI is InChI=1S/C12H14N2O/c1-3-9-4-6-10(7-5-9)12-11(13)8(2)14-15-12/h4-7H,3,13H2,1-2H3. The molecule has 2 aromatic rings. The van der Waals surface area contributed by atoms with Crippen LogP contribution in [0.4, 0.5) is 5.69 Å². The van der Waals surface area contributed by atoms with E-state index in [2.05, 4.69) is 24.2 Å². The second kappa shape index (κ2) is 3.77. The molecular weight excluding hydrogens is 188 g/mol. The van der Waals surface area contributed by atoms with Gasteiger partial charge < -0.3 is 10.3 Å². The summed E-state index contributed by atoms with van der Waals surface area (Å²) in [5.41, 5.74) is 9.49. The molecule has 0 atom stereocenters. The number of rotatable bonds is 2. The van der Waals surface area contributed by atoms with Gasteiger partial charge in [-0.3, -0.25) is 0 Å². The molecule has 0 saturated heterocycles. The van der Waals surface area contributed by atoms with Gasteiger partial charge in [0.1, 0.15) is 11.4 Å². The Morgan fingerprint density at radius 1 is 1.27 bits per heavy atom. The largest absolute Gasteiger partial charge is 0.394 e. The monoisotopic (exact) mass is 202 g/mol. The normalized spacial score (nSPS) is 10.5. The molecule has 0 fully saturated rings. The number of benzene rings is 1. The summed E-state index contributed by atoms with van der Waals surface area (Å²) in [7, 11) is 0. The molecule has 0 aliphatic rings. The molecule has 0 radical (unpaired) electrons. The van der Waals surface area contributed by atoms with Crippen molar-refractivity contribution in [1.82, 2.24) is 5.16 Å². The fourth-order valence-corrected chi connectivity index (χ4v) is 1.48. The zero-order chi connectivity index (χ0) is 10.8. The molecule has 15 heavy (non-hydrogen) atoms. The Morgan fingerprint density at radius 2 is 1.93 bits per heavy atom. The highest BCUT2D eigenvalue weighted by molar-refractivity contribution is 5.72. The molecule has 1 aromatic heterocycles. The van der Waals surface area contributed by atoms with Gasteiger partial charge in [0.2, 0.25) is 0 Å². The minimum Gasteiger partial charge on any atom is -0.394 e. The number of hydrogen-bond acceptors (Lipinski definition) is 3. The first-order chi connectivity index (χ1) is 7.22. The maximum Gasteiger partial charge on any atom is 0.189 e. The lowest BCUT2D eigenvalue weighted by atomic mass is 10.1. The number of nitrogens with two attached hydrogens (primary N) is 1. The molecule has 0 unspecified atom stereocenters. The van der Waals surface area contributed by atoms with E-state index in [9.17, 15) is 0 Å². The van der Waals surface area contributed by atoms with E-state index in [-0.39, 0.29) is 0 Å². The maximum atomic E-state index is 5.85. The Morgan fingerprint density at radius 3 is 2.40 bits per heavy atom. The number of aromatic nitrogens is 1. The van der Waals surface area contributed by atoms with Gasteiger partial charge in [0, 0.05) is 5.56 Å². The van der Waals surface area contributed by atoms with Gasteiger partial charge in [-0.25, -0.2) is 0 Å². The van der Waals surface area contributed by atoms with Crippen LogP contribution in [0.5, 0.6) is 0 Å². The highest BCUT2D eigenvalue weighted by atomic mass is 16.5. The number of anilines is 1. The van der Waals surface area contributed by atoms with Crippen LogP contribution in [0.15, 0.2) is 28.8 Å². The predicted octanol–water partition coefficient (Wildman–Crippen LogP) is 2.79. The van der Waals surface area contributed by atoms with Crippen molar-refractivity contribution in [3.63, 3.8) is 0 Å². The van der Waals surface area contributed by atoms with Crippen LogP contribution in [0, 0.1) is 6.92 Å². The maximum absolute atomic E-state index is 5.85. The molecule has 3 nitrogen and oxygen atoms in total. The van der Waals surface area contributed by atoms with Crippen molar-refractivity contribution in [2.24, 2.45) is 0 Å². The Kier molecular flexibility index (Phi) is 2.46. The smallest absolute Gasteiger partial charge is 0.189 e. The van der Waals surface area contributed by atoms with Crippen LogP contribution in [-0.2, 0) is 6.42 Å². The van der Waals surface area contributed by atoms with Gasteiger partial charge in [0.05, 0.1) is 0 Å². The van der Waals surface area contributed by atoms with Gasteiger partial charge in [-0.2, -0.15) is 0 Å². The van der Waals surface area contributed by atoms with E-state index in [1.165, 1.54) is 5.56 Å². The molecule has 1 heterocycles. The molecule has 0 bridgehead atoms. The molecular formula is C12H14N2O. The average molecular weight is 202 g/mol. The summed E-state index contributed by atoms with van der Waals surface area (Å²) in [5.74, 6) is 0.662. The van der Waals surface area contributed by atoms with Crippen molar-refractivity contribution in [2.45, 2.75) is 20.3 Å². The van der Waals surface area contributed by atoms with E-state index < -0.39 is 0 Å². The number of nitrogens with zero attached hydrogens (tertiary/aromatic N) is 1. The first kappa shape index (κ1) is 9.77. The second-order valence-electron chi connectivity index (χ2n) is 3.56. The Labute approximate surface area is 88.9 Å². The van der Waals surface area contributed by atoms with E-state index in [0.717, 1.165) is 17.7 Å². The van der Waals surface area contributed by atoms with Crippen molar-refractivity contribution in [1.29, 1.82) is 0 Å². The van der Waals surface area contributed by atoms with Crippen LogP contribution in [-0.4, -0.2) is 5.16 Å². The molecule has 0 aliphatic heterocycles. The van der Waals surface area contributed by atoms with E-state index in [4.69, 9.17) is 10.3 Å². The molecule has 78 valence electrons. The van der Waals surface area contributed by atoms with Crippen LogP contribution < -0.4 is 5.73 Å². The third-order valence-corrected chi connectivity index (χ3v) is 2.53. The van der Waals surface area contributed by atoms with Gasteiger partial charge in [-0.15, -0.1) is 0 Å². The summed E-state index contributed by atoms with van der Waals surface area (Å²) in [6, 6.07) is 8.17. The minimum absolute atomic E-state index is 0.624. The molecule has 1 aromatic carbocycles. The van der Waals surface area contributed by atoms with E-state index >= 15 is 0 Å². The zero-order valence-electron chi connectivity index (χ0n) is 8.95. The van der Waals surface area contributed by atoms with E-state index in [1.54, 1.807) is 0 Å². The highest BCUT2D eigenvalue weighted by Gasteiger charge is 2.10. The Hall–Kier alpha value is -1.77. The minimum atomic E-state index is 0.624. The van der Waals surface area contributed by atoms with Crippen LogP contribution in [0.2, 0.25) is 0 Å². The number of hydrogen-bond donors (Lipinski definition) is 1. The average Bonchev–Trinajstić information content (AvgIpc) is 2.60. The fraction of sp³-hybridized carbons (Fsp3) is 0.250. The van der Waals surface area contributed by atoms with Crippen molar-refractivity contribution < 1.29 is 4.52 Å². The first-order valence-electron chi connectivity index (χ1n) is 5.03. The van der Waals surface area contributed by atoms with Crippen LogP contribution in [0.3, 0.4) is 0 Å². The third kappa shape index (κ3) is 1.73. The number of nitrogen functional groups attached to an aromatic ring is 1. The molecule has 2 N–H and O–H groups in total. The molecule has 0 spiro atoms. The molecule has 0 aliphatic carbocycles. The van der Waals surface area contributed by atoms with Gasteiger partial charge in [-0.1, -0.05) is 36.3 Å². The quantitative estimate of drug-likeness (QED) is 0.814. The van der Waals surface area contributed by atoms with Crippen molar-refractivity contribution >= 4 is 5.69 Å². The summed E-state index contributed by atoms with van der Waals surface area (Å²) >= 11 is 0. The summed E-state index contributed by atoms with van der Waals surface area (Å²) < 4.78 is 5.18. The Balaban J connectivity index is 2.41. The molecule has 0 amide bonds. The zero-order valence-corrected chi connectivity index (χ0v) is 8.95. The lowest BCUT2D eigenvalue weighted by Crippen LogP contribution is -1.88. The van der Waals surface area contributed by atoms with Gasteiger partial charge >= 0.3 is 0 Å². The summed E-state index contributed by atoms with van der Waals surface area (Å²) in [6.07, 6.45) is 1.03. The van der Waals surface area contributed by atoms with Crippen molar-refractivity contribution in [2.75, 3.05) is 5.73 Å². The topological polar surface area (TPSA) is 52.0 Å². The SMILES string of the molecule is CCc1ccc(-c2onc(C)c2N)cc1. The summed E-state index contributed by atoms with van der Waals surface area (Å²) in [4.78, 5) is 0. The van der Waals surface area contributed by atoms with Gasteiger partial charge in [-0.05, 0) is 18.9 Å². The lowest BCUT2D eigenvalue weighted by Gasteiger charge is -1.99. The molecule has 3 heteroatoms. The predicted molar refractivity (Wildman–Crippen MR) is 60.5 cm³/mol. The van der Waals surface area contributed by atoms with Gasteiger partial charge in [0.15, 0.2) is 5.76 Å². The number of aryl methyl sites for hydroxylation is 2. The van der Waals surface area contributed by atoms with Crippen LogP contribution in [0.1, 0.15) is 18.2 Å². The molecule has 0 saturated carbocycles. The lowest BCUT2D eigenvalue weighted by molar-refractivity contribution is 0.427. The van der Waals surface area contributed by atoms with Crippen molar-refractivity contribution in [3.05, 3.63) is 35.5 Å². The van der Waals surface area contributed by atoms with E-state index in [0.29, 0.717) is 11.4 Å². The summed E-state index contributed by atoms with van der Waals surface area (Å²) in [5, 5.41) is 3.84. The fourth-order valence-electron chi connectivity index (χ4n) is 1.48. The second-order valence-corrected chi connectivity index (χ2v) is 3.56. The van der Waals surface area contributed by atoms with Gasteiger partial charge in [0.25, 0.3) is 0 Å². The van der Waals surface area contributed by atoms with Crippen LogP contribution >= 0.6 is 0 Å². The highest BCUT2D eigenvalue weighted by Crippen LogP contribution is 2.28. The molecule has 2 rings (SSSR count). The van der Waals surface area contributed by atoms with Crippen molar-refractivity contribution in [3.8, 4) is 11.3 Å². The summed E-state index contributed by atoms with van der Waals surface area (Å²) in [6.45, 7) is 3.96. The van der Waals surface area contributed by atoms with E-state index in [1.807, 2.05) is 19.1 Å².